The van der Waals surface area contributed by atoms with E-state index in [-0.39, 0.29) is 30.8 Å². The number of esters is 1. The summed E-state index contributed by atoms with van der Waals surface area (Å²) in [6.07, 6.45) is -3.06. The minimum atomic E-state index is -4.28. The van der Waals surface area contributed by atoms with Gasteiger partial charge in [0.05, 0.1) is 13.7 Å². The number of methoxy groups -OCH3 is 1. The summed E-state index contributed by atoms with van der Waals surface area (Å²) in [7, 11) is 1.29. The quantitative estimate of drug-likeness (QED) is 0.778. The molecule has 122 valence electrons. The van der Waals surface area contributed by atoms with Gasteiger partial charge in [0.2, 0.25) is 5.91 Å². The van der Waals surface area contributed by atoms with Gasteiger partial charge in [-0.2, -0.15) is 13.2 Å². The number of piperidine rings is 1. The zero-order valence-corrected chi connectivity index (χ0v) is 12.2. The largest absolute Gasteiger partial charge is 0.469 e. The van der Waals surface area contributed by atoms with Crippen LogP contribution in [0.1, 0.15) is 26.2 Å². The summed E-state index contributed by atoms with van der Waals surface area (Å²) in [5, 5.41) is 2.44. The molecule has 8 heteroatoms. The minimum absolute atomic E-state index is 0.00696. The Labute approximate surface area is 121 Å². The van der Waals surface area contributed by atoms with E-state index in [9.17, 15) is 22.8 Å². The van der Waals surface area contributed by atoms with Crippen molar-refractivity contribution in [1.29, 1.82) is 0 Å². The third-order valence-electron chi connectivity index (χ3n) is 3.56. The summed E-state index contributed by atoms with van der Waals surface area (Å²) in [6, 6.07) is -0.410. The van der Waals surface area contributed by atoms with Gasteiger partial charge in [0, 0.05) is 32.5 Å². The standard InChI is InChI=1S/C13H21F3N2O3/c1-9(19)18-6-10(3-4-12(20)21-2)5-11(7-18)17-8-13(14,15)16/h10-11,17H,3-8H2,1-2H3. The Morgan fingerprint density at radius 3 is 2.52 bits per heavy atom. The first-order chi connectivity index (χ1) is 9.71. The molecule has 1 rings (SSSR count). The lowest BCUT2D eigenvalue weighted by Gasteiger charge is -2.38. The number of halogens is 3. The van der Waals surface area contributed by atoms with Gasteiger partial charge in [-0.25, -0.2) is 0 Å². The Kier molecular flexibility index (Phi) is 6.44. The lowest BCUT2D eigenvalue weighted by molar-refractivity contribution is -0.141. The molecule has 21 heavy (non-hydrogen) atoms. The molecule has 1 aliphatic rings. The van der Waals surface area contributed by atoms with Gasteiger partial charge in [-0.1, -0.05) is 0 Å². The molecule has 0 aromatic rings. The van der Waals surface area contributed by atoms with E-state index in [4.69, 9.17) is 0 Å². The van der Waals surface area contributed by atoms with E-state index >= 15 is 0 Å². The van der Waals surface area contributed by atoms with Crippen LogP contribution < -0.4 is 5.32 Å². The highest BCUT2D eigenvalue weighted by atomic mass is 19.4. The molecule has 0 radical (unpaired) electrons. The Bertz CT molecular complexity index is 374. The molecule has 0 saturated carbocycles. The molecule has 0 aromatic carbocycles. The van der Waals surface area contributed by atoms with E-state index in [1.165, 1.54) is 18.9 Å². The molecule has 0 spiro atoms. The molecule has 2 unspecified atom stereocenters. The van der Waals surface area contributed by atoms with Crippen molar-refractivity contribution < 1.29 is 27.5 Å². The van der Waals surface area contributed by atoms with Gasteiger partial charge < -0.3 is 15.0 Å². The second-order valence-corrected chi connectivity index (χ2v) is 5.33. The predicted octanol–water partition coefficient (Wildman–Crippen LogP) is 1.33. The summed E-state index contributed by atoms with van der Waals surface area (Å²) in [5.74, 6) is -0.529. The Morgan fingerprint density at radius 1 is 1.33 bits per heavy atom. The van der Waals surface area contributed by atoms with Crippen LogP contribution >= 0.6 is 0 Å². The molecule has 1 saturated heterocycles. The fourth-order valence-electron chi connectivity index (χ4n) is 2.50. The van der Waals surface area contributed by atoms with Crippen LogP contribution in [0.15, 0.2) is 0 Å². The maximum Gasteiger partial charge on any atom is 0.401 e. The van der Waals surface area contributed by atoms with Crippen LogP contribution in [0.25, 0.3) is 0 Å². The van der Waals surface area contributed by atoms with Gasteiger partial charge in [0.25, 0.3) is 0 Å². The zero-order chi connectivity index (χ0) is 16.0. The van der Waals surface area contributed by atoms with E-state index in [0.717, 1.165) is 0 Å². The maximum absolute atomic E-state index is 12.3. The molecule has 1 N–H and O–H groups in total. The molecule has 0 aliphatic carbocycles. The maximum atomic E-state index is 12.3. The van der Waals surface area contributed by atoms with E-state index in [1.807, 2.05) is 0 Å². The second kappa shape index (κ2) is 7.63. The number of carbonyl (C=O) groups excluding carboxylic acids is 2. The minimum Gasteiger partial charge on any atom is -0.469 e. The van der Waals surface area contributed by atoms with Gasteiger partial charge >= 0.3 is 12.1 Å². The average Bonchev–Trinajstić information content (AvgIpc) is 2.41. The van der Waals surface area contributed by atoms with Crippen molar-refractivity contribution in [3.63, 3.8) is 0 Å². The Morgan fingerprint density at radius 2 is 2.00 bits per heavy atom. The van der Waals surface area contributed by atoms with Crippen LogP contribution in [-0.4, -0.2) is 55.7 Å². The number of nitrogens with one attached hydrogen (secondary N) is 1. The van der Waals surface area contributed by atoms with E-state index < -0.39 is 18.8 Å². The third-order valence-corrected chi connectivity index (χ3v) is 3.56. The van der Waals surface area contributed by atoms with Crippen LogP contribution in [0.5, 0.6) is 0 Å². The van der Waals surface area contributed by atoms with E-state index in [1.54, 1.807) is 0 Å². The topological polar surface area (TPSA) is 58.6 Å². The number of hydrogen-bond donors (Lipinski definition) is 1. The summed E-state index contributed by atoms with van der Waals surface area (Å²) >= 11 is 0. The molecule has 0 bridgehead atoms. The van der Waals surface area contributed by atoms with Gasteiger partial charge in [-0.3, -0.25) is 9.59 Å². The normalized spacial score (nSPS) is 23.0. The number of nitrogens with zero attached hydrogens (tertiary/aromatic N) is 1. The molecular weight excluding hydrogens is 289 g/mol. The molecule has 5 nitrogen and oxygen atoms in total. The third kappa shape index (κ3) is 6.79. The summed E-state index contributed by atoms with van der Waals surface area (Å²) in [6.45, 7) is 1.05. The number of hydrogen-bond acceptors (Lipinski definition) is 4. The smallest absolute Gasteiger partial charge is 0.401 e. The number of rotatable bonds is 5. The van der Waals surface area contributed by atoms with Gasteiger partial charge in [0.1, 0.15) is 0 Å². The molecule has 1 amide bonds. The number of alkyl halides is 3. The van der Waals surface area contributed by atoms with Gasteiger partial charge in [-0.05, 0) is 18.8 Å². The fraction of sp³-hybridized carbons (Fsp3) is 0.846. The van der Waals surface area contributed by atoms with Crippen molar-refractivity contribution in [2.45, 2.75) is 38.4 Å². The highest BCUT2D eigenvalue weighted by Crippen LogP contribution is 2.23. The summed E-state index contributed by atoms with van der Waals surface area (Å²) < 4.78 is 41.3. The second-order valence-electron chi connectivity index (χ2n) is 5.33. The molecular formula is C13H21F3N2O3. The summed E-state index contributed by atoms with van der Waals surface area (Å²) in [5.41, 5.74) is 0. The van der Waals surface area contributed by atoms with Crippen LogP contribution in [0.3, 0.4) is 0 Å². The van der Waals surface area contributed by atoms with E-state index in [0.29, 0.717) is 19.4 Å². The van der Waals surface area contributed by atoms with Crippen LogP contribution in [-0.2, 0) is 14.3 Å². The van der Waals surface area contributed by atoms with Gasteiger partial charge in [0.15, 0.2) is 0 Å². The molecule has 2 atom stereocenters. The first-order valence-electron chi connectivity index (χ1n) is 6.83. The van der Waals surface area contributed by atoms with Crippen molar-refractivity contribution in [2.75, 3.05) is 26.7 Å². The lowest BCUT2D eigenvalue weighted by Crippen LogP contribution is -2.52. The predicted molar refractivity (Wildman–Crippen MR) is 69.5 cm³/mol. The first-order valence-corrected chi connectivity index (χ1v) is 6.83. The van der Waals surface area contributed by atoms with Crippen molar-refractivity contribution in [3.05, 3.63) is 0 Å². The van der Waals surface area contributed by atoms with Crippen molar-refractivity contribution >= 4 is 11.9 Å². The molecule has 0 aromatic heterocycles. The number of ether oxygens (including phenoxy) is 1. The van der Waals surface area contributed by atoms with Crippen molar-refractivity contribution in [2.24, 2.45) is 5.92 Å². The highest BCUT2D eigenvalue weighted by molar-refractivity contribution is 5.73. The van der Waals surface area contributed by atoms with Gasteiger partial charge in [-0.15, -0.1) is 0 Å². The number of carbonyl (C=O) groups is 2. The first kappa shape index (κ1) is 17.7. The van der Waals surface area contributed by atoms with Crippen molar-refractivity contribution in [3.8, 4) is 0 Å². The van der Waals surface area contributed by atoms with Crippen LogP contribution in [0, 0.1) is 5.92 Å². The highest BCUT2D eigenvalue weighted by Gasteiger charge is 2.32. The van der Waals surface area contributed by atoms with Crippen LogP contribution in [0.4, 0.5) is 13.2 Å². The fourth-order valence-corrected chi connectivity index (χ4v) is 2.50. The van der Waals surface area contributed by atoms with Crippen molar-refractivity contribution in [1.82, 2.24) is 10.2 Å². The molecule has 1 aliphatic heterocycles. The lowest BCUT2D eigenvalue weighted by atomic mass is 9.90. The number of likely N-dealkylation sites (tertiary alicyclic amines) is 1. The summed E-state index contributed by atoms with van der Waals surface area (Å²) in [4.78, 5) is 24.1. The average molecular weight is 310 g/mol. The monoisotopic (exact) mass is 310 g/mol. The Balaban J connectivity index is 2.55. The zero-order valence-electron chi connectivity index (χ0n) is 12.2. The number of amides is 1. The Hall–Kier alpha value is -1.31. The molecule has 1 heterocycles. The van der Waals surface area contributed by atoms with E-state index in [2.05, 4.69) is 10.1 Å². The molecule has 1 fully saturated rings. The SMILES string of the molecule is COC(=O)CCC1CC(NCC(F)(F)F)CN(C(C)=O)C1. The van der Waals surface area contributed by atoms with Crippen LogP contribution in [0.2, 0.25) is 0 Å².